The van der Waals surface area contributed by atoms with Gasteiger partial charge in [-0.25, -0.2) is 0 Å². The van der Waals surface area contributed by atoms with Crippen molar-refractivity contribution in [2.75, 3.05) is 6.61 Å². The van der Waals surface area contributed by atoms with E-state index in [0.29, 0.717) is 49.2 Å². The Morgan fingerprint density at radius 3 is 2.37 bits per heavy atom. The fourth-order valence-electron chi connectivity index (χ4n) is 3.43. The zero-order valence-electron chi connectivity index (χ0n) is 18.6. The number of ether oxygens (including phenoxy) is 2. The lowest BCUT2D eigenvalue weighted by atomic mass is 10.1. The monoisotopic (exact) mass is 547 g/mol. The molecule has 180 valence electrons. The van der Waals surface area contributed by atoms with Gasteiger partial charge in [0.15, 0.2) is 11.5 Å². The lowest BCUT2D eigenvalue weighted by Crippen LogP contribution is -2.27. The molecule has 1 fully saturated rings. The normalized spacial score (nSPS) is 14.6. The van der Waals surface area contributed by atoms with Gasteiger partial charge in [0.2, 0.25) is 0 Å². The molecule has 0 unspecified atom stereocenters. The van der Waals surface area contributed by atoms with Crippen molar-refractivity contribution < 1.29 is 19.1 Å². The van der Waals surface area contributed by atoms with Gasteiger partial charge in [-0.2, -0.15) is 0 Å². The number of halogens is 3. The number of benzene rings is 3. The number of hydrogen-bond donors (Lipinski definition) is 0. The molecule has 0 N–H and O–H groups in total. The summed E-state index contributed by atoms with van der Waals surface area (Å²) in [6.45, 7) is 2.61. The van der Waals surface area contributed by atoms with E-state index in [1.54, 1.807) is 60.7 Å². The van der Waals surface area contributed by atoms with Crippen LogP contribution in [0.5, 0.6) is 11.5 Å². The van der Waals surface area contributed by atoms with Crippen molar-refractivity contribution in [3.8, 4) is 11.5 Å². The Morgan fingerprint density at radius 1 is 0.914 bits per heavy atom. The standard InChI is InChI=1S/C26H20Cl3NO4S/c1-2-33-23-12-16(9-10-22(23)34-15-19-20(28)7-4-8-21(19)29)13-24-25(31)30(26(32)35-24)14-17-5-3-6-18(27)11-17/h3-13H,2,14-15H2,1H3/b24-13-. The van der Waals surface area contributed by atoms with E-state index in [-0.39, 0.29) is 24.3 Å². The molecule has 1 aliphatic rings. The van der Waals surface area contributed by atoms with Crippen LogP contribution in [-0.4, -0.2) is 22.7 Å². The Bertz CT molecular complexity index is 1290. The first kappa shape index (κ1) is 25.5. The predicted octanol–water partition coefficient (Wildman–Crippen LogP) is 7.86. The molecule has 0 aliphatic carbocycles. The van der Waals surface area contributed by atoms with Crippen LogP contribution in [0.2, 0.25) is 15.1 Å². The molecule has 3 aromatic carbocycles. The van der Waals surface area contributed by atoms with Crippen molar-refractivity contribution in [3.05, 3.63) is 97.3 Å². The Balaban J connectivity index is 1.52. The smallest absolute Gasteiger partial charge is 0.293 e. The van der Waals surface area contributed by atoms with Crippen LogP contribution in [0.15, 0.2) is 65.6 Å². The van der Waals surface area contributed by atoms with E-state index in [1.165, 1.54) is 4.90 Å². The molecular weight excluding hydrogens is 529 g/mol. The topological polar surface area (TPSA) is 55.8 Å². The average molecular weight is 549 g/mol. The number of hydrogen-bond acceptors (Lipinski definition) is 5. The molecule has 9 heteroatoms. The van der Waals surface area contributed by atoms with E-state index in [0.717, 1.165) is 17.3 Å². The molecule has 1 heterocycles. The summed E-state index contributed by atoms with van der Waals surface area (Å²) in [5.41, 5.74) is 2.15. The Kier molecular flexibility index (Phi) is 8.29. The van der Waals surface area contributed by atoms with Crippen LogP contribution in [-0.2, 0) is 17.9 Å². The van der Waals surface area contributed by atoms with Crippen LogP contribution >= 0.6 is 46.6 Å². The van der Waals surface area contributed by atoms with Crippen LogP contribution in [0.3, 0.4) is 0 Å². The second-order valence-electron chi connectivity index (χ2n) is 7.53. The number of thioether (sulfide) groups is 1. The molecule has 0 bridgehead atoms. The lowest BCUT2D eigenvalue weighted by molar-refractivity contribution is -0.123. The minimum absolute atomic E-state index is 0.157. The molecule has 1 saturated heterocycles. The summed E-state index contributed by atoms with van der Waals surface area (Å²) < 4.78 is 11.7. The van der Waals surface area contributed by atoms with E-state index in [1.807, 2.05) is 13.0 Å². The fourth-order valence-corrected chi connectivity index (χ4v) is 4.99. The van der Waals surface area contributed by atoms with Gasteiger partial charge in [0.25, 0.3) is 11.1 Å². The fraction of sp³-hybridized carbons (Fsp3) is 0.154. The highest BCUT2D eigenvalue weighted by Crippen LogP contribution is 2.36. The average Bonchev–Trinajstić information content (AvgIpc) is 3.07. The van der Waals surface area contributed by atoms with Crippen molar-refractivity contribution in [2.24, 2.45) is 0 Å². The second kappa shape index (κ2) is 11.4. The molecular formula is C26H20Cl3NO4S. The molecule has 35 heavy (non-hydrogen) atoms. The number of rotatable bonds is 8. The maximum atomic E-state index is 12.9. The van der Waals surface area contributed by atoms with Crippen LogP contribution in [0.25, 0.3) is 6.08 Å². The van der Waals surface area contributed by atoms with E-state index < -0.39 is 0 Å². The van der Waals surface area contributed by atoms with Crippen molar-refractivity contribution >= 4 is 63.8 Å². The van der Waals surface area contributed by atoms with Gasteiger partial charge in [-0.15, -0.1) is 0 Å². The van der Waals surface area contributed by atoms with Crippen LogP contribution in [0.1, 0.15) is 23.6 Å². The number of amides is 2. The van der Waals surface area contributed by atoms with Crippen molar-refractivity contribution in [1.82, 2.24) is 4.90 Å². The first-order chi connectivity index (χ1) is 16.9. The van der Waals surface area contributed by atoms with Crippen molar-refractivity contribution in [3.63, 3.8) is 0 Å². The SMILES string of the molecule is CCOc1cc(/C=C2\SC(=O)N(Cc3cccc(Cl)c3)C2=O)ccc1OCc1c(Cl)cccc1Cl. The Morgan fingerprint density at radius 2 is 1.66 bits per heavy atom. The first-order valence-electron chi connectivity index (χ1n) is 10.7. The van der Waals surface area contributed by atoms with Gasteiger partial charge in [0, 0.05) is 20.6 Å². The third-order valence-electron chi connectivity index (χ3n) is 5.10. The number of carbonyl (C=O) groups is 2. The zero-order chi connectivity index (χ0) is 24.9. The molecule has 0 radical (unpaired) electrons. The Labute approximate surface area is 222 Å². The van der Waals surface area contributed by atoms with E-state index in [4.69, 9.17) is 44.3 Å². The van der Waals surface area contributed by atoms with Crippen LogP contribution in [0, 0.1) is 0 Å². The second-order valence-corrected chi connectivity index (χ2v) is 9.77. The van der Waals surface area contributed by atoms with Gasteiger partial charge >= 0.3 is 0 Å². The number of imide groups is 1. The Hall–Kier alpha value is -2.64. The third-order valence-corrected chi connectivity index (χ3v) is 6.95. The highest BCUT2D eigenvalue weighted by molar-refractivity contribution is 8.18. The van der Waals surface area contributed by atoms with Crippen molar-refractivity contribution in [2.45, 2.75) is 20.1 Å². The van der Waals surface area contributed by atoms with Gasteiger partial charge in [-0.3, -0.25) is 14.5 Å². The quantitative estimate of drug-likeness (QED) is 0.268. The highest BCUT2D eigenvalue weighted by atomic mass is 35.5. The summed E-state index contributed by atoms with van der Waals surface area (Å²) in [7, 11) is 0. The van der Waals surface area contributed by atoms with Gasteiger partial charge in [-0.1, -0.05) is 59.1 Å². The maximum Gasteiger partial charge on any atom is 0.293 e. The maximum absolute atomic E-state index is 12.9. The summed E-state index contributed by atoms with van der Waals surface area (Å²) in [5, 5.41) is 1.25. The van der Waals surface area contributed by atoms with E-state index >= 15 is 0 Å². The van der Waals surface area contributed by atoms with Crippen LogP contribution < -0.4 is 9.47 Å². The van der Waals surface area contributed by atoms with E-state index in [2.05, 4.69) is 0 Å². The summed E-state index contributed by atoms with van der Waals surface area (Å²) in [6, 6.07) is 17.6. The molecule has 3 aromatic rings. The van der Waals surface area contributed by atoms with Gasteiger partial charge in [0.1, 0.15) is 6.61 Å². The largest absolute Gasteiger partial charge is 0.490 e. The number of carbonyl (C=O) groups excluding carboxylic acids is 2. The number of nitrogens with zero attached hydrogens (tertiary/aromatic N) is 1. The zero-order valence-corrected chi connectivity index (χ0v) is 21.7. The summed E-state index contributed by atoms with van der Waals surface area (Å²) >= 11 is 19.4. The molecule has 4 rings (SSSR count). The summed E-state index contributed by atoms with van der Waals surface area (Å²) in [4.78, 5) is 26.9. The highest BCUT2D eigenvalue weighted by Gasteiger charge is 2.35. The predicted molar refractivity (Wildman–Crippen MR) is 141 cm³/mol. The van der Waals surface area contributed by atoms with Gasteiger partial charge < -0.3 is 9.47 Å². The molecule has 1 aliphatic heterocycles. The minimum Gasteiger partial charge on any atom is -0.490 e. The first-order valence-corrected chi connectivity index (χ1v) is 12.6. The molecule has 5 nitrogen and oxygen atoms in total. The van der Waals surface area contributed by atoms with Crippen molar-refractivity contribution in [1.29, 1.82) is 0 Å². The summed E-state index contributed by atoms with van der Waals surface area (Å²) in [6.07, 6.45) is 1.67. The molecule has 0 atom stereocenters. The minimum atomic E-state index is -0.355. The molecule has 2 amide bonds. The van der Waals surface area contributed by atoms with Gasteiger partial charge in [-0.05, 0) is 72.3 Å². The van der Waals surface area contributed by atoms with E-state index in [9.17, 15) is 9.59 Å². The lowest BCUT2D eigenvalue weighted by Gasteiger charge is -2.14. The van der Waals surface area contributed by atoms with Gasteiger partial charge in [0.05, 0.1) is 18.1 Å². The molecule has 0 spiro atoms. The molecule has 0 saturated carbocycles. The molecule has 0 aromatic heterocycles. The summed E-state index contributed by atoms with van der Waals surface area (Å²) in [5.74, 6) is 0.656. The van der Waals surface area contributed by atoms with Crippen LogP contribution in [0.4, 0.5) is 4.79 Å². The third kappa shape index (κ3) is 6.14.